The summed E-state index contributed by atoms with van der Waals surface area (Å²) in [6.07, 6.45) is 0. The van der Waals surface area contributed by atoms with Crippen molar-refractivity contribution in [1.82, 2.24) is 0 Å². The Balaban J connectivity index is 0.984. The molecule has 3 nitrogen and oxygen atoms in total. The van der Waals surface area contributed by atoms with Gasteiger partial charge in [0.25, 0.3) is 0 Å². The molecule has 0 aliphatic rings. The van der Waals surface area contributed by atoms with E-state index in [0.717, 1.165) is 90.0 Å². The molecule has 15 aromatic rings. The highest BCUT2D eigenvalue weighted by atomic mass is 32.1. The highest BCUT2D eigenvalue weighted by molar-refractivity contribution is 7.26. The Bertz CT molecular complexity index is 4660. The summed E-state index contributed by atoms with van der Waals surface area (Å²) in [7, 11) is 0. The molecular weight excluding hydrogens is 1060 g/mol. The van der Waals surface area contributed by atoms with E-state index in [9.17, 15) is 0 Å². The van der Waals surface area contributed by atoms with Crippen LogP contribution < -0.4 is 14.7 Å². The largest absolute Gasteiger partial charge is 0.310 e. The molecule has 0 atom stereocenters. The Kier molecular flexibility index (Phi) is 13.8. The van der Waals surface area contributed by atoms with E-state index in [1.54, 1.807) is 0 Å². The summed E-state index contributed by atoms with van der Waals surface area (Å²) in [5.74, 6) is 0. The lowest BCUT2D eigenvalue weighted by Gasteiger charge is -2.33. The van der Waals surface area contributed by atoms with Crippen LogP contribution >= 0.6 is 11.3 Å². The summed E-state index contributed by atoms with van der Waals surface area (Å²) < 4.78 is 2.59. The van der Waals surface area contributed by atoms with Crippen LogP contribution in [0.3, 0.4) is 0 Å². The smallest absolute Gasteiger partial charge is 0.0503 e. The molecule has 0 amide bonds. The number of nitrogens with zero attached hydrogens (tertiary/aromatic N) is 3. The monoisotopic (exact) mass is 1120 g/mol. The number of hydrogen-bond donors (Lipinski definition) is 0. The van der Waals surface area contributed by atoms with Crippen LogP contribution in [0.5, 0.6) is 0 Å². The summed E-state index contributed by atoms with van der Waals surface area (Å²) in [5, 5.41) is 4.93. The van der Waals surface area contributed by atoms with Gasteiger partial charge >= 0.3 is 0 Å². The van der Waals surface area contributed by atoms with Crippen molar-refractivity contribution in [2.45, 2.75) is 0 Å². The van der Waals surface area contributed by atoms with Crippen LogP contribution in [0.15, 0.2) is 346 Å². The van der Waals surface area contributed by atoms with Crippen LogP contribution in [-0.2, 0) is 0 Å². The highest BCUT2D eigenvalue weighted by Gasteiger charge is 2.24. The fourth-order valence-corrected chi connectivity index (χ4v) is 13.4. The standard InChI is InChI=1S/C82H57N3S/c1-5-20-58(21-6-1)63-38-45-69(46-39-63)83(72-32-17-30-67(52-72)60-24-9-3-10-25-60)75-55-76(84(70-47-40-64(41-48-70)59-22-7-2-8-23-59)73-33-18-31-68(53-73)61-26-11-4-12-27-61)57-77(56-75)85(74-51-42-62-28-13-14-29-66(62)54-74)71-49-43-65(44-50-71)78-35-19-36-80-79-34-15-16-37-81(79)86-82(78)80/h1-57H. The average Bonchev–Trinajstić information content (AvgIpc) is 1.84. The minimum atomic E-state index is 0.985. The first kappa shape index (κ1) is 51.8. The summed E-state index contributed by atoms with van der Waals surface area (Å²) in [6.45, 7) is 0. The van der Waals surface area contributed by atoms with Gasteiger partial charge in [-0.25, -0.2) is 0 Å². The predicted octanol–water partition coefficient (Wildman–Crippen LogP) is 24.0. The molecule has 86 heavy (non-hydrogen) atoms. The van der Waals surface area contributed by atoms with E-state index in [1.807, 2.05) is 11.3 Å². The molecule has 0 aliphatic heterocycles. The molecule has 0 radical (unpaired) electrons. The summed E-state index contributed by atoms with van der Waals surface area (Å²) >= 11 is 1.87. The number of anilines is 9. The maximum absolute atomic E-state index is 2.44. The van der Waals surface area contributed by atoms with Crippen molar-refractivity contribution in [3.8, 4) is 55.6 Å². The number of rotatable bonds is 14. The Morgan fingerprint density at radius 2 is 0.535 bits per heavy atom. The van der Waals surface area contributed by atoms with E-state index < -0.39 is 0 Å². The summed E-state index contributed by atoms with van der Waals surface area (Å²) in [6, 6.07) is 126. The van der Waals surface area contributed by atoms with E-state index in [2.05, 4.69) is 360 Å². The lowest BCUT2D eigenvalue weighted by molar-refractivity contribution is 1.22. The van der Waals surface area contributed by atoms with Gasteiger partial charge in [0.1, 0.15) is 0 Å². The molecule has 0 fully saturated rings. The van der Waals surface area contributed by atoms with Crippen LogP contribution in [0.1, 0.15) is 0 Å². The van der Waals surface area contributed by atoms with Gasteiger partial charge in [-0.15, -0.1) is 11.3 Å². The van der Waals surface area contributed by atoms with Crippen LogP contribution in [0.25, 0.3) is 86.6 Å². The van der Waals surface area contributed by atoms with Gasteiger partial charge in [-0.1, -0.05) is 249 Å². The second kappa shape index (κ2) is 23.0. The van der Waals surface area contributed by atoms with Crippen molar-refractivity contribution < 1.29 is 0 Å². The third-order valence-corrected chi connectivity index (χ3v) is 17.6. The minimum Gasteiger partial charge on any atom is -0.310 e. The van der Waals surface area contributed by atoms with Crippen LogP contribution in [0.4, 0.5) is 51.2 Å². The number of hydrogen-bond acceptors (Lipinski definition) is 4. The van der Waals surface area contributed by atoms with Crippen LogP contribution in [-0.4, -0.2) is 0 Å². The zero-order chi connectivity index (χ0) is 57.2. The molecule has 0 N–H and O–H groups in total. The molecule has 406 valence electrons. The molecule has 1 aromatic heterocycles. The van der Waals surface area contributed by atoms with Gasteiger partial charge in [0.05, 0.1) is 17.1 Å². The molecule has 0 saturated heterocycles. The van der Waals surface area contributed by atoms with E-state index in [4.69, 9.17) is 0 Å². The molecule has 4 heteroatoms. The van der Waals surface area contributed by atoms with Crippen LogP contribution in [0.2, 0.25) is 0 Å². The Morgan fingerprint density at radius 3 is 1.02 bits per heavy atom. The molecule has 0 unspecified atom stereocenters. The zero-order valence-electron chi connectivity index (χ0n) is 47.2. The molecule has 14 aromatic carbocycles. The van der Waals surface area contributed by atoms with Gasteiger partial charge in [0.2, 0.25) is 0 Å². The van der Waals surface area contributed by atoms with E-state index in [-0.39, 0.29) is 0 Å². The Labute approximate surface area is 506 Å². The summed E-state index contributed by atoms with van der Waals surface area (Å²) in [4.78, 5) is 7.30. The molecular formula is C82H57N3S. The zero-order valence-corrected chi connectivity index (χ0v) is 48.0. The lowest BCUT2D eigenvalue weighted by atomic mass is 10.0. The van der Waals surface area contributed by atoms with Gasteiger partial charge < -0.3 is 14.7 Å². The Morgan fingerprint density at radius 1 is 0.186 bits per heavy atom. The van der Waals surface area contributed by atoms with Crippen molar-refractivity contribution in [1.29, 1.82) is 0 Å². The Hall–Kier alpha value is -11.0. The molecule has 0 spiro atoms. The second-order valence-electron chi connectivity index (χ2n) is 21.7. The maximum Gasteiger partial charge on any atom is 0.0503 e. The van der Waals surface area contributed by atoms with Gasteiger partial charge in [-0.2, -0.15) is 0 Å². The van der Waals surface area contributed by atoms with Crippen molar-refractivity contribution in [2.24, 2.45) is 0 Å². The van der Waals surface area contributed by atoms with Crippen LogP contribution in [0, 0.1) is 0 Å². The van der Waals surface area contributed by atoms with E-state index in [0.29, 0.717) is 0 Å². The first-order valence-corrected chi connectivity index (χ1v) is 30.1. The quantitative estimate of drug-likeness (QED) is 0.107. The topological polar surface area (TPSA) is 9.72 Å². The van der Waals surface area contributed by atoms with E-state index >= 15 is 0 Å². The van der Waals surface area contributed by atoms with Crippen molar-refractivity contribution >= 4 is 93.5 Å². The predicted molar refractivity (Wildman–Crippen MR) is 368 cm³/mol. The summed E-state index contributed by atoms with van der Waals surface area (Å²) in [5.41, 5.74) is 20.8. The van der Waals surface area contributed by atoms with Gasteiger partial charge in [-0.05, 0) is 163 Å². The van der Waals surface area contributed by atoms with Crippen molar-refractivity contribution in [3.63, 3.8) is 0 Å². The first-order chi connectivity index (χ1) is 42.6. The molecule has 0 saturated carbocycles. The van der Waals surface area contributed by atoms with Gasteiger partial charge in [0, 0.05) is 54.3 Å². The second-order valence-corrected chi connectivity index (χ2v) is 22.8. The molecule has 0 aliphatic carbocycles. The lowest BCUT2D eigenvalue weighted by Crippen LogP contribution is -2.16. The van der Waals surface area contributed by atoms with Gasteiger partial charge in [0.15, 0.2) is 0 Å². The molecule has 15 rings (SSSR count). The molecule has 0 bridgehead atoms. The maximum atomic E-state index is 2.44. The number of thiophene rings is 1. The fourth-order valence-electron chi connectivity index (χ4n) is 12.2. The third kappa shape index (κ3) is 10.3. The minimum absolute atomic E-state index is 0.985. The highest BCUT2D eigenvalue weighted by Crippen LogP contribution is 2.49. The number of benzene rings is 14. The van der Waals surface area contributed by atoms with E-state index in [1.165, 1.54) is 47.8 Å². The number of fused-ring (bicyclic) bond motifs is 4. The SMILES string of the molecule is c1ccc(-c2ccc(N(c3cccc(-c4ccccc4)c3)c3cc(N(c4ccc(-c5ccccc5)cc4)c4cccc(-c5ccccc5)c4)cc(N(c4ccc(-c5cccc6c5sc5ccccc56)cc4)c4ccc5ccccc5c4)c3)cc2)cc1. The fraction of sp³-hybridized carbons (Fsp3) is 0. The normalized spacial score (nSPS) is 11.3. The molecule has 1 heterocycles. The van der Waals surface area contributed by atoms with Gasteiger partial charge in [-0.3, -0.25) is 0 Å². The first-order valence-electron chi connectivity index (χ1n) is 29.3. The third-order valence-electron chi connectivity index (χ3n) is 16.4. The van der Waals surface area contributed by atoms with Crippen molar-refractivity contribution in [3.05, 3.63) is 346 Å². The average molecular weight is 1120 g/mol. The van der Waals surface area contributed by atoms with Crippen molar-refractivity contribution in [2.75, 3.05) is 14.7 Å².